The Kier molecular flexibility index (Phi) is 5.39. The Bertz CT molecular complexity index is 1250. The monoisotopic (exact) mass is 445 g/mol. The molecule has 1 aliphatic carbocycles. The molecular formula is C24H27N7O2. The van der Waals surface area contributed by atoms with Gasteiger partial charge in [0, 0.05) is 37.6 Å². The first-order valence-corrected chi connectivity index (χ1v) is 11.6. The normalized spacial score (nSPS) is 21.4. The molecule has 9 nitrogen and oxygen atoms in total. The number of anilines is 2. The van der Waals surface area contributed by atoms with E-state index in [1.807, 2.05) is 36.8 Å². The molecule has 1 saturated carbocycles. The standard InChI is InChI=1S/C24H27N7O2/c1-2-18-20(25-8-1)14-22(31-10-12-32-13-11-31)30-23(18)33-17-5-3-16(4-6-17)28-24-27-15-21-19(29-24)7-9-26-21/h1-2,7-9,14-17,26H,3-6,10-13H2,(H,27,28,29). The number of nitrogens with one attached hydrogen (secondary N) is 2. The van der Waals surface area contributed by atoms with Crippen LogP contribution in [0.1, 0.15) is 25.7 Å². The first kappa shape index (κ1) is 20.2. The Labute approximate surface area is 191 Å². The highest BCUT2D eigenvalue weighted by Gasteiger charge is 2.25. The number of morpholine rings is 1. The largest absolute Gasteiger partial charge is 0.474 e. The van der Waals surface area contributed by atoms with E-state index in [2.05, 4.69) is 36.2 Å². The van der Waals surface area contributed by atoms with E-state index in [0.717, 1.165) is 79.7 Å². The number of rotatable bonds is 5. The zero-order chi connectivity index (χ0) is 22.0. The van der Waals surface area contributed by atoms with Crippen LogP contribution in [0, 0.1) is 0 Å². The van der Waals surface area contributed by atoms with Crippen molar-refractivity contribution in [2.24, 2.45) is 0 Å². The summed E-state index contributed by atoms with van der Waals surface area (Å²) in [7, 11) is 0. The summed E-state index contributed by atoms with van der Waals surface area (Å²) >= 11 is 0. The highest BCUT2D eigenvalue weighted by Crippen LogP contribution is 2.31. The second kappa shape index (κ2) is 8.82. The molecule has 5 heterocycles. The van der Waals surface area contributed by atoms with Gasteiger partial charge in [-0.2, -0.15) is 4.98 Å². The minimum absolute atomic E-state index is 0.131. The smallest absolute Gasteiger partial charge is 0.225 e. The van der Waals surface area contributed by atoms with Crippen LogP contribution in [-0.4, -0.2) is 63.4 Å². The third-order valence-electron chi connectivity index (χ3n) is 6.47. The average molecular weight is 446 g/mol. The predicted molar refractivity (Wildman–Crippen MR) is 127 cm³/mol. The molecule has 2 N–H and O–H groups in total. The molecule has 0 aromatic carbocycles. The van der Waals surface area contributed by atoms with Gasteiger partial charge in [0.05, 0.1) is 41.3 Å². The van der Waals surface area contributed by atoms with Crippen molar-refractivity contribution in [2.45, 2.75) is 37.8 Å². The van der Waals surface area contributed by atoms with E-state index in [4.69, 9.17) is 14.5 Å². The number of pyridine rings is 2. The van der Waals surface area contributed by atoms with Gasteiger partial charge in [-0.15, -0.1) is 0 Å². The molecule has 0 amide bonds. The number of aromatic nitrogens is 5. The van der Waals surface area contributed by atoms with Gasteiger partial charge < -0.3 is 24.7 Å². The molecule has 9 heteroatoms. The van der Waals surface area contributed by atoms with Crippen LogP contribution in [0.25, 0.3) is 21.9 Å². The fraction of sp³-hybridized carbons (Fsp3) is 0.417. The second-order valence-corrected chi connectivity index (χ2v) is 8.66. The predicted octanol–water partition coefficient (Wildman–Crippen LogP) is 3.54. The van der Waals surface area contributed by atoms with Crippen LogP contribution in [0.3, 0.4) is 0 Å². The summed E-state index contributed by atoms with van der Waals surface area (Å²) in [5, 5.41) is 4.45. The molecule has 0 spiro atoms. The number of aromatic amines is 1. The number of nitrogens with zero attached hydrogens (tertiary/aromatic N) is 5. The molecule has 2 fully saturated rings. The van der Waals surface area contributed by atoms with Gasteiger partial charge in [0.1, 0.15) is 11.9 Å². The molecule has 1 saturated heterocycles. The molecule has 4 aromatic heterocycles. The first-order valence-electron chi connectivity index (χ1n) is 11.6. The summed E-state index contributed by atoms with van der Waals surface area (Å²) in [4.78, 5) is 23.9. The lowest BCUT2D eigenvalue weighted by Gasteiger charge is -2.31. The van der Waals surface area contributed by atoms with Crippen molar-refractivity contribution in [1.29, 1.82) is 0 Å². The van der Waals surface area contributed by atoms with Gasteiger partial charge in [0.2, 0.25) is 11.8 Å². The van der Waals surface area contributed by atoms with Crippen molar-refractivity contribution in [1.82, 2.24) is 24.9 Å². The van der Waals surface area contributed by atoms with Crippen LogP contribution in [0.5, 0.6) is 5.88 Å². The summed E-state index contributed by atoms with van der Waals surface area (Å²) in [5.74, 6) is 2.27. The van der Waals surface area contributed by atoms with Gasteiger partial charge in [0.15, 0.2) is 0 Å². The number of ether oxygens (including phenoxy) is 2. The van der Waals surface area contributed by atoms with Crippen molar-refractivity contribution in [3.63, 3.8) is 0 Å². The second-order valence-electron chi connectivity index (χ2n) is 8.66. The van der Waals surface area contributed by atoms with Gasteiger partial charge >= 0.3 is 0 Å². The summed E-state index contributed by atoms with van der Waals surface area (Å²) in [6, 6.07) is 8.33. The molecular weight excluding hydrogens is 418 g/mol. The third-order valence-corrected chi connectivity index (χ3v) is 6.47. The maximum absolute atomic E-state index is 6.47. The van der Waals surface area contributed by atoms with Gasteiger partial charge in [0.25, 0.3) is 0 Å². The molecule has 0 atom stereocenters. The lowest BCUT2D eigenvalue weighted by atomic mass is 9.93. The van der Waals surface area contributed by atoms with E-state index in [1.165, 1.54) is 0 Å². The highest BCUT2D eigenvalue weighted by molar-refractivity contribution is 5.85. The Hall–Kier alpha value is -3.46. The molecule has 0 bridgehead atoms. The highest BCUT2D eigenvalue weighted by atomic mass is 16.5. The first-order chi connectivity index (χ1) is 16.3. The molecule has 6 rings (SSSR count). The zero-order valence-corrected chi connectivity index (χ0v) is 18.4. The molecule has 2 aliphatic rings. The van der Waals surface area contributed by atoms with Crippen LogP contribution in [0.15, 0.2) is 42.9 Å². The minimum atomic E-state index is 0.131. The number of H-pyrrole nitrogens is 1. The SMILES string of the molecule is c1cnc2cc(N3CCOCC3)nc(OC3CCC(Nc4ncc5[nH]ccc5n4)CC3)c2c1. The molecule has 0 radical (unpaired) electrons. The van der Waals surface area contributed by atoms with Crippen molar-refractivity contribution in [2.75, 3.05) is 36.5 Å². The van der Waals surface area contributed by atoms with Crippen LogP contribution < -0.4 is 15.0 Å². The van der Waals surface area contributed by atoms with E-state index in [9.17, 15) is 0 Å². The fourth-order valence-electron chi connectivity index (χ4n) is 4.66. The Balaban J connectivity index is 1.14. The molecule has 4 aromatic rings. The Morgan fingerprint density at radius 2 is 1.91 bits per heavy atom. The van der Waals surface area contributed by atoms with Crippen LogP contribution in [0.4, 0.5) is 11.8 Å². The van der Waals surface area contributed by atoms with E-state index < -0.39 is 0 Å². The van der Waals surface area contributed by atoms with Crippen molar-refractivity contribution in [3.05, 3.63) is 42.9 Å². The maximum Gasteiger partial charge on any atom is 0.225 e. The van der Waals surface area contributed by atoms with E-state index >= 15 is 0 Å². The fourth-order valence-corrected chi connectivity index (χ4v) is 4.66. The molecule has 1 aliphatic heterocycles. The van der Waals surface area contributed by atoms with E-state index in [-0.39, 0.29) is 6.10 Å². The van der Waals surface area contributed by atoms with Crippen LogP contribution in [0.2, 0.25) is 0 Å². The lowest BCUT2D eigenvalue weighted by Crippen LogP contribution is -2.37. The topological polar surface area (TPSA) is 101 Å². The Morgan fingerprint density at radius 1 is 1.03 bits per heavy atom. The minimum Gasteiger partial charge on any atom is -0.474 e. The van der Waals surface area contributed by atoms with Gasteiger partial charge in [-0.25, -0.2) is 9.97 Å². The molecule has 33 heavy (non-hydrogen) atoms. The summed E-state index contributed by atoms with van der Waals surface area (Å²) in [5.41, 5.74) is 2.79. The van der Waals surface area contributed by atoms with Crippen LogP contribution >= 0.6 is 0 Å². The van der Waals surface area contributed by atoms with E-state index in [1.54, 1.807) is 0 Å². The maximum atomic E-state index is 6.47. The van der Waals surface area contributed by atoms with E-state index in [0.29, 0.717) is 17.9 Å². The van der Waals surface area contributed by atoms with Gasteiger partial charge in [-0.05, 0) is 43.9 Å². The average Bonchev–Trinajstić information content (AvgIpc) is 3.34. The number of hydrogen-bond donors (Lipinski definition) is 2. The molecule has 0 unspecified atom stereocenters. The van der Waals surface area contributed by atoms with Crippen molar-refractivity contribution in [3.8, 4) is 5.88 Å². The molecule has 170 valence electrons. The van der Waals surface area contributed by atoms with Gasteiger partial charge in [-0.1, -0.05) is 0 Å². The third kappa shape index (κ3) is 4.28. The quantitative estimate of drug-likeness (QED) is 0.481. The number of fused-ring (bicyclic) bond motifs is 2. The summed E-state index contributed by atoms with van der Waals surface area (Å²) in [6.45, 7) is 3.10. The summed E-state index contributed by atoms with van der Waals surface area (Å²) in [6.07, 6.45) is 9.56. The summed E-state index contributed by atoms with van der Waals surface area (Å²) < 4.78 is 12.0. The zero-order valence-electron chi connectivity index (χ0n) is 18.4. The van der Waals surface area contributed by atoms with Gasteiger partial charge in [-0.3, -0.25) is 4.98 Å². The van der Waals surface area contributed by atoms with Crippen molar-refractivity contribution < 1.29 is 9.47 Å². The lowest BCUT2D eigenvalue weighted by molar-refractivity contribution is 0.122. The Morgan fingerprint density at radius 3 is 2.79 bits per heavy atom. The number of hydrogen-bond acceptors (Lipinski definition) is 8. The van der Waals surface area contributed by atoms with Crippen LogP contribution in [-0.2, 0) is 4.74 Å². The van der Waals surface area contributed by atoms with Crippen molar-refractivity contribution >= 4 is 33.7 Å².